The van der Waals surface area contributed by atoms with Gasteiger partial charge in [-0.25, -0.2) is 4.98 Å². The van der Waals surface area contributed by atoms with Crippen LogP contribution in [0.25, 0.3) is 0 Å². The highest BCUT2D eigenvalue weighted by Crippen LogP contribution is 2.01. The number of aromatic nitrogens is 3. The fourth-order valence-electron chi connectivity index (χ4n) is 2.00. The van der Waals surface area contributed by atoms with E-state index >= 15 is 0 Å². The minimum Gasteiger partial charge on any atom is -0.356 e. The monoisotopic (exact) mass is 272 g/mol. The molecule has 0 saturated heterocycles. The number of carbonyl (C=O) groups is 1. The van der Waals surface area contributed by atoms with Crippen molar-refractivity contribution in [1.29, 1.82) is 0 Å². The summed E-state index contributed by atoms with van der Waals surface area (Å²) < 4.78 is 1.74. The largest absolute Gasteiger partial charge is 0.356 e. The number of rotatable bonds is 8. The first kappa shape index (κ1) is 14.2. The smallest absolute Gasteiger partial charge is 0.220 e. The fourth-order valence-corrected chi connectivity index (χ4v) is 2.00. The van der Waals surface area contributed by atoms with Gasteiger partial charge in [0, 0.05) is 19.5 Å². The summed E-state index contributed by atoms with van der Waals surface area (Å²) in [5.74, 6) is 0.109. The van der Waals surface area contributed by atoms with E-state index in [0.717, 1.165) is 32.4 Å². The highest BCUT2D eigenvalue weighted by molar-refractivity contribution is 5.75. The van der Waals surface area contributed by atoms with Crippen molar-refractivity contribution in [2.24, 2.45) is 0 Å². The average Bonchev–Trinajstić information content (AvgIpc) is 2.98. The number of benzene rings is 1. The molecule has 0 bridgehead atoms. The molecule has 1 amide bonds. The van der Waals surface area contributed by atoms with Crippen molar-refractivity contribution in [2.45, 2.75) is 32.2 Å². The maximum absolute atomic E-state index is 11.6. The van der Waals surface area contributed by atoms with Crippen molar-refractivity contribution in [3.63, 3.8) is 0 Å². The van der Waals surface area contributed by atoms with Crippen LogP contribution < -0.4 is 5.32 Å². The number of nitrogens with zero attached hydrogens (tertiary/aromatic N) is 3. The molecule has 1 heterocycles. The third-order valence-electron chi connectivity index (χ3n) is 3.06. The van der Waals surface area contributed by atoms with Crippen LogP contribution in [0.1, 0.15) is 24.8 Å². The molecule has 2 aromatic rings. The quantitative estimate of drug-likeness (QED) is 0.746. The van der Waals surface area contributed by atoms with Gasteiger partial charge in [-0.05, 0) is 24.8 Å². The van der Waals surface area contributed by atoms with Crippen LogP contribution in [-0.4, -0.2) is 27.2 Å². The summed E-state index contributed by atoms with van der Waals surface area (Å²) in [5, 5.41) is 6.94. The first-order chi connectivity index (χ1) is 9.84. The van der Waals surface area contributed by atoms with Gasteiger partial charge in [0.2, 0.25) is 5.91 Å². The molecule has 0 unspecified atom stereocenters. The Morgan fingerprint density at radius 3 is 2.80 bits per heavy atom. The van der Waals surface area contributed by atoms with Crippen molar-refractivity contribution >= 4 is 5.91 Å². The Labute approximate surface area is 119 Å². The molecule has 20 heavy (non-hydrogen) atoms. The number of nitrogens with one attached hydrogen (secondary N) is 1. The predicted molar refractivity (Wildman–Crippen MR) is 77.0 cm³/mol. The normalized spacial score (nSPS) is 10.4. The molecule has 0 atom stereocenters. The van der Waals surface area contributed by atoms with E-state index in [-0.39, 0.29) is 5.91 Å². The molecule has 2 rings (SSSR count). The zero-order valence-electron chi connectivity index (χ0n) is 11.5. The lowest BCUT2D eigenvalue weighted by molar-refractivity contribution is -0.121. The van der Waals surface area contributed by atoms with Crippen molar-refractivity contribution in [3.05, 3.63) is 48.5 Å². The molecule has 0 aliphatic rings. The van der Waals surface area contributed by atoms with Gasteiger partial charge in [-0.1, -0.05) is 30.3 Å². The SMILES string of the molecule is O=C(CCCn1cncn1)NCCCc1ccccc1. The Kier molecular flexibility index (Phi) is 5.76. The maximum Gasteiger partial charge on any atom is 0.220 e. The van der Waals surface area contributed by atoms with Crippen molar-refractivity contribution in [2.75, 3.05) is 6.54 Å². The maximum atomic E-state index is 11.6. The second kappa shape index (κ2) is 8.09. The van der Waals surface area contributed by atoms with Crippen molar-refractivity contribution in [1.82, 2.24) is 20.1 Å². The molecule has 0 spiro atoms. The van der Waals surface area contributed by atoms with E-state index in [1.54, 1.807) is 11.0 Å². The summed E-state index contributed by atoms with van der Waals surface area (Å²) in [6.45, 7) is 1.47. The summed E-state index contributed by atoms with van der Waals surface area (Å²) in [5.41, 5.74) is 1.31. The first-order valence-corrected chi connectivity index (χ1v) is 6.97. The van der Waals surface area contributed by atoms with Gasteiger partial charge >= 0.3 is 0 Å². The van der Waals surface area contributed by atoms with E-state index in [9.17, 15) is 4.79 Å². The minimum atomic E-state index is 0.109. The standard InChI is InChI=1S/C15H20N4O/c20-15(9-5-11-19-13-16-12-18-19)17-10-4-8-14-6-2-1-3-7-14/h1-3,6-7,12-13H,4-5,8-11H2,(H,17,20). The van der Waals surface area contributed by atoms with E-state index < -0.39 is 0 Å². The molecular weight excluding hydrogens is 252 g/mol. The molecule has 5 heteroatoms. The van der Waals surface area contributed by atoms with Gasteiger partial charge in [-0.15, -0.1) is 0 Å². The zero-order chi connectivity index (χ0) is 14.0. The van der Waals surface area contributed by atoms with Gasteiger partial charge < -0.3 is 5.32 Å². The van der Waals surface area contributed by atoms with Crippen LogP contribution in [0, 0.1) is 0 Å². The number of hydrogen-bond donors (Lipinski definition) is 1. The predicted octanol–water partition coefficient (Wildman–Crippen LogP) is 1.81. The van der Waals surface area contributed by atoms with Crippen LogP contribution in [0.5, 0.6) is 0 Å². The van der Waals surface area contributed by atoms with Crippen LogP contribution in [0.4, 0.5) is 0 Å². The Bertz CT molecular complexity index is 496. The van der Waals surface area contributed by atoms with E-state index in [1.165, 1.54) is 11.9 Å². The van der Waals surface area contributed by atoms with Gasteiger partial charge in [0.05, 0.1) is 0 Å². The lowest BCUT2D eigenvalue weighted by Gasteiger charge is -2.05. The lowest BCUT2D eigenvalue weighted by atomic mass is 10.1. The van der Waals surface area contributed by atoms with Gasteiger partial charge in [-0.2, -0.15) is 5.10 Å². The van der Waals surface area contributed by atoms with Crippen molar-refractivity contribution in [3.8, 4) is 0 Å². The molecule has 0 fully saturated rings. The van der Waals surface area contributed by atoms with Crippen LogP contribution in [0.2, 0.25) is 0 Å². The fraction of sp³-hybridized carbons (Fsp3) is 0.400. The number of hydrogen-bond acceptors (Lipinski definition) is 3. The molecule has 0 radical (unpaired) electrons. The Morgan fingerprint density at radius 2 is 2.05 bits per heavy atom. The van der Waals surface area contributed by atoms with Gasteiger partial charge in [0.25, 0.3) is 0 Å². The molecule has 0 saturated carbocycles. The summed E-state index contributed by atoms with van der Waals surface area (Å²) in [7, 11) is 0. The van der Waals surface area contributed by atoms with Crippen LogP contribution >= 0.6 is 0 Å². The second-order valence-corrected chi connectivity index (χ2v) is 4.70. The summed E-state index contributed by atoms with van der Waals surface area (Å²) >= 11 is 0. The van der Waals surface area contributed by atoms with Crippen LogP contribution in [-0.2, 0) is 17.8 Å². The van der Waals surface area contributed by atoms with Gasteiger partial charge in [0.15, 0.2) is 0 Å². The molecule has 1 aromatic heterocycles. The van der Waals surface area contributed by atoms with Crippen LogP contribution in [0.3, 0.4) is 0 Å². The van der Waals surface area contributed by atoms with Crippen molar-refractivity contribution < 1.29 is 4.79 Å². The molecule has 1 N–H and O–H groups in total. The Hall–Kier alpha value is -2.17. The zero-order valence-corrected chi connectivity index (χ0v) is 11.5. The molecule has 0 aliphatic heterocycles. The molecule has 106 valence electrons. The number of carbonyl (C=O) groups excluding carboxylic acids is 1. The van der Waals surface area contributed by atoms with E-state index in [2.05, 4.69) is 27.5 Å². The second-order valence-electron chi connectivity index (χ2n) is 4.70. The summed E-state index contributed by atoms with van der Waals surface area (Å²) in [6, 6.07) is 10.3. The minimum absolute atomic E-state index is 0.109. The van der Waals surface area contributed by atoms with E-state index in [4.69, 9.17) is 0 Å². The summed E-state index contributed by atoms with van der Waals surface area (Å²) in [6.07, 6.45) is 6.46. The Morgan fingerprint density at radius 1 is 1.20 bits per heavy atom. The average molecular weight is 272 g/mol. The third kappa shape index (κ3) is 5.22. The first-order valence-electron chi connectivity index (χ1n) is 6.97. The number of amides is 1. The molecular formula is C15H20N4O. The molecule has 5 nitrogen and oxygen atoms in total. The van der Waals surface area contributed by atoms with Crippen LogP contribution in [0.15, 0.2) is 43.0 Å². The van der Waals surface area contributed by atoms with E-state index in [0.29, 0.717) is 6.42 Å². The summed E-state index contributed by atoms with van der Waals surface area (Å²) in [4.78, 5) is 15.5. The highest BCUT2D eigenvalue weighted by Gasteiger charge is 2.01. The number of aryl methyl sites for hydroxylation is 2. The lowest BCUT2D eigenvalue weighted by Crippen LogP contribution is -2.24. The van der Waals surface area contributed by atoms with E-state index in [1.807, 2.05) is 18.2 Å². The van der Waals surface area contributed by atoms with Gasteiger partial charge in [-0.3, -0.25) is 9.48 Å². The Balaban J connectivity index is 1.52. The molecule has 0 aliphatic carbocycles. The molecule has 1 aromatic carbocycles. The highest BCUT2D eigenvalue weighted by atomic mass is 16.1. The van der Waals surface area contributed by atoms with Gasteiger partial charge in [0.1, 0.15) is 12.7 Å². The topological polar surface area (TPSA) is 59.8 Å². The third-order valence-corrected chi connectivity index (χ3v) is 3.06.